The lowest BCUT2D eigenvalue weighted by molar-refractivity contribution is -0.145. The highest BCUT2D eigenvalue weighted by Crippen LogP contribution is 2.40. The number of carbonyl (C=O) groups is 3. The number of hydrogen-bond acceptors (Lipinski definition) is 6. The van der Waals surface area contributed by atoms with E-state index in [4.69, 9.17) is 21.1 Å². The highest BCUT2D eigenvalue weighted by molar-refractivity contribution is 7.15. The number of likely N-dealkylation sites (N-methyl/N-ethyl adjacent to an activating group) is 1. The number of nitrogens with zero attached hydrogens (tertiary/aromatic N) is 1. The highest BCUT2D eigenvalue weighted by Gasteiger charge is 2.50. The predicted octanol–water partition coefficient (Wildman–Crippen LogP) is 5.39. The molecule has 2 heterocycles. The van der Waals surface area contributed by atoms with Crippen LogP contribution in [0.5, 0.6) is 5.75 Å². The van der Waals surface area contributed by atoms with Crippen molar-refractivity contribution in [1.82, 2.24) is 0 Å². The Balaban J connectivity index is 1.71. The van der Waals surface area contributed by atoms with E-state index in [1.807, 2.05) is 6.92 Å². The van der Waals surface area contributed by atoms with Gasteiger partial charge in [0.1, 0.15) is 16.3 Å². The van der Waals surface area contributed by atoms with Crippen molar-refractivity contribution in [3.8, 4) is 16.9 Å². The Morgan fingerprint density at radius 3 is 2.53 bits per heavy atom. The molecule has 1 N–H and O–H groups in total. The molecule has 1 aliphatic rings. The minimum absolute atomic E-state index is 0.170. The van der Waals surface area contributed by atoms with Crippen molar-refractivity contribution >= 4 is 51.4 Å². The molecule has 0 radical (unpaired) electrons. The Hall–Kier alpha value is -3.36. The zero-order chi connectivity index (χ0) is 24.5. The summed E-state index contributed by atoms with van der Waals surface area (Å²) in [4.78, 5) is 41.1. The van der Waals surface area contributed by atoms with Crippen molar-refractivity contribution in [1.29, 1.82) is 0 Å². The van der Waals surface area contributed by atoms with E-state index in [2.05, 4.69) is 5.32 Å². The summed E-state index contributed by atoms with van der Waals surface area (Å²) in [5.41, 5.74) is 0.333. The number of carbonyl (C=O) groups excluding carboxylic acids is 3. The first-order valence-corrected chi connectivity index (χ1v) is 12.0. The van der Waals surface area contributed by atoms with E-state index in [1.54, 1.807) is 60.8 Å². The van der Waals surface area contributed by atoms with Crippen LogP contribution in [0, 0.1) is 0 Å². The van der Waals surface area contributed by atoms with Crippen LogP contribution in [0.4, 0.5) is 10.7 Å². The fraction of sp³-hybridized carbons (Fsp3) is 0.240. The molecule has 1 aliphatic heterocycles. The Morgan fingerprint density at radius 1 is 1.15 bits per heavy atom. The summed E-state index contributed by atoms with van der Waals surface area (Å²) < 4.78 is 11.2. The summed E-state index contributed by atoms with van der Waals surface area (Å²) in [6.07, 6.45) is 0. The molecule has 9 heteroatoms. The number of halogens is 1. The van der Waals surface area contributed by atoms with Gasteiger partial charge in [0.15, 0.2) is 0 Å². The molecule has 0 aliphatic carbocycles. The largest absolute Gasteiger partial charge is 0.465 e. The number of anilines is 2. The van der Waals surface area contributed by atoms with Gasteiger partial charge in [0.25, 0.3) is 17.4 Å². The molecule has 7 nitrogen and oxygen atoms in total. The van der Waals surface area contributed by atoms with Crippen LogP contribution in [0.1, 0.15) is 31.1 Å². The third-order valence-electron chi connectivity index (χ3n) is 5.53. The van der Waals surface area contributed by atoms with Crippen LogP contribution >= 0.6 is 22.9 Å². The van der Waals surface area contributed by atoms with Crippen molar-refractivity contribution in [3.05, 3.63) is 64.5 Å². The maximum Gasteiger partial charge on any atom is 0.341 e. The smallest absolute Gasteiger partial charge is 0.341 e. The van der Waals surface area contributed by atoms with Gasteiger partial charge in [-0.1, -0.05) is 35.9 Å². The fourth-order valence-electron chi connectivity index (χ4n) is 3.77. The first kappa shape index (κ1) is 23.8. The third-order valence-corrected chi connectivity index (χ3v) is 6.67. The second-order valence-electron chi connectivity index (χ2n) is 7.69. The number of amides is 2. The van der Waals surface area contributed by atoms with Crippen LogP contribution in [-0.2, 0) is 14.3 Å². The number of thiophene rings is 1. The van der Waals surface area contributed by atoms with Crippen molar-refractivity contribution < 1.29 is 23.9 Å². The normalized spacial score (nSPS) is 17.1. The van der Waals surface area contributed by atoms with Crippen molar-refractivity contribution in [2.45, 2.75) is 26.4 Å². The van der Waals surface area contributed by atoms with E-state index in [-0.39, 0.29) is 17.2 Å². The SMILES string of the molecule is CCOC(=O)c1c(-c2ccc(Cl)cc2)csc1NC(=O)C1(C)Oc2ccccc2N(CC)C1=O. The van der Waals surface area contributed by atoms with Gasteiger partial charge in [-0.3, -0.25) is 9.59 Å². The average molecular weight is 499 g/mol. The van der Waals surface area contributed by atoms with Gasteiger partial charge in [-0.2, -0.15) is 0 Å². The van der Waals surface area contributed by atoms with Crippen molar-refractivity contribution in [2.75, 3.05) is 23.4 Å². The molecule has 4 rings (SSSR count). The second kappa shape index (κ2) is 9.48. The van der Waals surface area contributed by atoms with Crippen LogP contribution in [0.3, 0.4) is 0 Å². The number of hydrogen-bond donors (Lipinski definition) is 1. The Labute approximate surface area is 206 Å². The molecule has 1 atom stereocenters. The Kier molecular flexibility index (Phi) is 6.63. The van der Waals surface area contributed by atoms with E-state index < -0.39 is 23.4 Å². The number of fused-ring (bicyclic) bond motifs is 1. The number of esters is 1. The van der Waals surface area contributed by atoms with Crippen molar-refractivity contribution in [3.63, 3.8) is 0 Å². The minimum Gasteiger partial charge on any atom is -0.465 e. The average Bonchev–Trinajstić information content (AvgIpc) is 3.24. The fourth-order valence-corrected chi connectivity index (χ4v) is 4.85. The van der Waals surface area contributed by atoms with E-state index in [9.17, 15) is 14.4 Å². The maximum atomic E-state index is 13.4. The first-order valence-electron chi connectivity index (χ1n) is 10.8. The molecular formula is C25H23ClN2O5S. The van der Waals surface area contributed by atoms with Gasteiger partial charge in [-0.25, -0.2) is 4.79 Å². The summed E-state index contributed by atoms with van der Waals surface area (Å²) in [7, 11) is 0. The summed E-state index contributed by atoms with van der Waals surface area (Å²) in [6.45, 7) is 5.51. The standard InChI is InChI=1S/C25H23ClN2O5S/c1-4-28-18-8-6-7-9-19(18)33-25(3,24(28)31)23(30)27-21-20(22(29)32-5-2)17(14-34-21)15-10-12-16(26)13-11-15/h6-14H,4-5H2,1-3H3,(H,27,30). The second-order valence-corrected chi connectivity index (χ2v) is 9.00. The number of ether oxygens (including phenoxy) is 2. The predicted molar refractivity (Wildman–Crippen MR) is 133 cm³/mol. The van der Waals surface area contributed by atoms with E-state index in [0.29, 0.717) is 28.6 Å². The first-order chi connectivity index (χ1) is 16.3. The molecule has 2 aromatic carbocycles. The quantitative estimate of drug-likeness (QED) is 0.364. The topological polar surface area (TPSA) is 84.9 Å². The maximum absolute atomic E-state index is 13.4. The van der Waals surface area contributed by atoms with E-state index in [0.717, 1.165) is 5.56 Å². The van der Waals surface area contributed by atoms with E-state index in [1.165, 1.54) is 23.2 Å². The van der Waals surface area contributed by atoms with Crippen LogP contribution < -0.4 is 15.0 Å². The van der Waals surface area contributed by atoms with Gasteiger partial charge in [0.05, 0.1) is 12.3 Å². The summed E-state index contributed by atoms with van der Waals surface area (Å²) in [5, 5.41) is 5.34. The minimum atomic E-state index is -1.82. The third kappa shape index (κ3) is 4.15. The molecular weight excluding hydrogens is 476 g/mol. The van der Waals surface area contributed by atoms with Crippen LogP contribution in [0.15, 0.2) is 53.9 Å². The van der Waals surface area contributed by atoms with Crippen LogP contribution in [0.25, 0.3) is 11.1 Å². The van der Waals surface area contributed by atoms with Gasteiger partial charge in [0, 0.05) is 22.5 Å². The summed E-state index contributed by atoms with van der Waals surface area (Å²) in [6, 6.07) is 14.1. The van der Waals surface area contributed by atoms with Gasteiger partial charge in [-0.05, 0) is 50.6 Å². The molecule has 3 aromatic rings. The molecule has 34 heavy (non-hydrogen) atoms. The number of para-hydroxylation sites is 2. The summed E-state index contributed by atoms with van der Waals surface area (Å²) in [5.74, 6) is -1.32. The monoisotopic (exact) mass is 498 g/mol. The lowest BCUT2D eigenvalue weighted by Gasteiger charge is -2.39. The summed E-state index contributed by atoms with van der Waals surface area (Å²) >= 11 is 7.17. The Bertz CT molecular complexity index is 1260. The zero-order valence-electron chi connectivity index (χ0n) is 18.9. The van der Waals surface area contributed by atoms with Crippen molar-refractivity contribution in [2.24, 2.45) is 0 Å². The van der Waals surface area contributed by atoms with Gasteiger partial charge in [0.2, 0.25) is 0 Å². The number of rotatable bonds is 6. The number of nitrogens with one attached hydrogen (secondary N) is 1. The molecule has 0 spiro atoms. The lowest BCUT2D eigenvalue weighted by atomic mass is 9.99. The van der Waals surface area contributed by atoms with Gasteiger partial charge in [-0.15, -0.1) is 11.3 Å². The molecule has 176 valence electrons. The van der Waals surface area contributed by atoms with Gasteiger partial charge >= 0.3 is 5.97 Å². The molecule has 1 unspecified atom stereocenters. The van der Waals surface area contributed by atoms with Crippen LogP contribution in [-0.4, -0.2) is 36.5 Å². The zero-order valence-corrected chi connectivity index (χ0v) is 20.5. The highest BCUT2D eigenvalue weighted by atomic mass is 35.5. The molecule has 0 fully saturated rings. The van der Waals surface area contributed by atoms with Gasteiger partial charge < -0.3 is 19.7 Å². The van der Waals surface area contributed by atoms with E-state index >= 15 is 0 Å². The molecule has 0 saturated carbocycles. The Morgan fingerprint density at radius 2 is 1.85 bits per heavy atom. The molecule has 0 bridgehead atoms. The molecule has 2 amide bonds. The molecule has 1 aromatic heterocycles. The lowest BCUT2D eigenvalue weighted by Crippen LogP contribution is -2.60. The molecule has 0 saturated heterocycles. The van der Waals surface area contributed by atoms with Crippen LogP contribution in [0.2, 0.25) is 5.02 Å². The number of benzene rings is 2.